The largest absolute Gasteiger partial charge is 0.342 e. The lowest BCUT2D eigenvalue weighted by molar-refractivity contribution is 1.08. The number of aromatic nitrogens is 6. The number of hydrogen-bond acceptors (Lipinski definition) is 5. The third-order valence-corrected chi connectivity index (χ3v) is 1.92. The molecule has 15 heavy (non-hydrogen) atoms. The monoisotopic (exact) mass is 201 g/mol. The molecule has 7 heteroatoms. The van der Waals surface area contributed by atoms with E-state index < -0.39 is 0 Å². The second-order valence-electron chi connectivity index (χ2n) is 2.93. The van der Waals surface area contributed by atoms with Crippen molar-refractivity contribution in [2.45, 2.75) is 0 Å². The highest BCUT2D eigenvalue weighted by atomic mass is 15.2. The smallest absolute Gasteiger partial charge is 0.230 e. The predicted molar refractivity (Wildman–Crippen MR) is 53.6 cm³/mol. The van der Waals surface area contributed by atoms with Gasteiger partial charge in [-0.05, 0) is 0 Å². The third-order valence-electron chi connectivity index (χ3n) is 1.92. The Morgan fingerprint density at radius 2 is 2.27 bits per heavy atom. The maximum Gasteiger partial charge on any atom is 0.230 e. The number of nitrogens with one attached hydrogen (secondary N) is 3. The van der Waals surface area contributed by atoms with Crippen molar-refractivity contribution in [1.29, 1.82) is 0 Å². The highest BCUT2D eigenvalue weighted by Crippen LogP contribution is 2.11. The van der Waals surface area contributed by atoms with Crippen LogP contribution in [0.3, 0.4) is 0 Å². The van der Waals surface area contributed by atoms with E-state index in [-0.39, 0.29) is 0 Å². The topological polar surface area (TPSA) is 95.2 Å². The van der Waals surface area contributed by atoms with Crippen molar-refractivity contribution in [3.05, 3.63) is 24.8 Å². The molecule has 3 heterocycles. The van der Waals surface area contributed by atoms with Crippen molar-refractivity contribution in [2.75, 3.05) is 5.32 Å². The summed E-state index contributed by atoms with van der Waals surface area (Å²) in [5.41, 5.74) is 1.44. The van der Waals surface area contributed by atoms with Gasteiger partial charge in [0.1, 0.15) is 11.3 Å². The maximum atomic E-state index is 4.20. The van der Waals surface area contributed by atoms with E-state index in [1.54, 1.807) is 24.8 Å². The van der Waals surface area contributed by atoms with Crippen LogP contribution in [0.5, 0.6) is 0 Å². The molecule has 3 aromatic rings. The molecule has 0 atom stereocenters. The highest BCUT2D eigenvalue weighted by molar-refractivity contribution is 5.70. The molecule has 7 nitrogen and oxygen atoms in total. The van der Waals surface area contributed by atoms with Crippen LogP contribution in [0, 0.1) is 0 Å². The lowest BCUT2D eigenvalue weighted by Crippen LogP contribution is -1.97. The fourth-order valence-corrected chi connectivity index (χ4v) is 1.24. The van der Waals surface area contributed by atoms with Gasteiger partial charge in [-0.3, -0.25) is 5.10 Å². The lowest BCUT2D eigenvalue weighted by Gasteiger charge is -1.99. The SMILES string of the molecule is c1cc(Nc2ncc3[nH]cnc3n2)[nH]n1. The van der Waals surface area contributed by atoms with Crippen LogP contribution in [0.25, 0.3) is 11.2 Å². The molecule has 3 aromatic heterocycles. The summed E-state index contributed by atoms with van der Waals surface area (Å²) in [5.74, 6) is 1.23. The Morgan fingerprint density at radius 3 is 3.13 bits per heavy atom. The van der Waals surface area contributed by atoms with Crippen LogP contribution in [0.1, 0.15) is 0 Å². The zero-order chi connectivity index (χ0) is 10.1. The molecular weight excluding hydrogens is 194 g/mol. The van der Waals surface area contributed by atoms with Crippen molar-refractivity contribution in [1.82, 2.24) is 30.1 Å². The number of hydrogen-bond donors (Lipinski definition) is 3. The van der Waals surface area contributed by atoms with Crippen LogP contribution >= 0.6 is 0 Å². The summed E-state index contributed by atoms with van der Waals surface area (Å²) >= 11 is 0. The molecule has 0 unspecified atom stereocenters. The number of fused-ring (bicyclic) bond motifs is 1. The molecule has 74 valence electrons. The molecule has 0 aliphatic heterocycles. The van der Waals surface area contributed by atoms with Crippen LogP contribution in [-0.4, -0.2) is 30.1 Å². The molecule has 0 amide bonds. The van der Waals surface area contributed by atoms with Gasteiger partial charge in [0.25, 0.3) is 0 Å². The first-order valence-electron chi connectivity index (χ1n) is 4.34. The number of aromatic amines is 2. The van der Waals surface area contributed by atoms with Crippen LogP contribution in [0.2, 0.25) is 0 Å². The van der Waals surface area contributed by atoms with Crippen LogP contribution in [0.4, 0.5) is 11.8 Å². The second-order valence-corrected chi connectivity index (χ2v) is 2.93. The first-order chi connectivity index (χ1) is 7.42. The molecule has 0 fully saturated rings. The molecule has 0 saturated carbocycles. The zero-order valence-electron chi connectivity index (χ0n) is 7.60. The number of rotatable bonds is 2. The van der Waals surface area contributed by atoms with Gasteiger partial charge in [0.15, 0.2) is 5.65 Å². The van der Waals surface area contributed by atoms with Crippen molar-refractivity contribution in [2.24, 2.45) is 0 Å². The van der Waals surface area contributed by atoms with Gasteiger partial charge in [-0.1, -0.05) is 0 Å². The van der Waals surface area contributed by atoms with E-state index >= 15 is 0 Å². The van der Waals surface area contributed by atoms with E-state index in [9.17, 15) is 0 Å². The summed E-state index contributed by atoms with van der Waals surface area (Å²) < 4.78 is 0. The number of imidazole rings is 1. The first kappa shape index (κ1) is 7.92. The van der Waals surface area contributed by atoms with Gasteiger partial charge in [-0.2, -0.15) is 10.1 Å². The minimum atomic E-state index is 0.485. The van der Waals surface area contributed by atoms with Gasteiger partial charge in [-0.15, -0.1) is 0 Å². The molecule has 0 spiro atoms. The number of nitrogens with zero attached hydrogens (tertiary/aromatic N) is 4. The lowest BCUT2D eigenvalue weighted by atomic mass is 10.5. The van der Waals surface area contributed by atoms with Crippen molar-refractivity contribution in [3.63, 3.8) is 0 Å². The normalized spacial score (nSPS) is 10.7. The van der Waals surface area contributed by atoms with Gasteiger partial charge < -0.3 is 10.3 Å². The molecule has 3 N–H and O–H groups in total. The molecule has 0 aliphatic carbocycles. The first-order valence-corrected chi connectivity index (χ1v) is 4.34. The summed E-state index contributed by atoms with van der Waals surface area (Å²) in [6.45, 7) is 0. The van der Waals surface area contributed by atoms with Gasteiger partial charge in [0.2, 0.25) is 5.95 Å². The summed E-state index contributed by atoms with van der Waals surface area (Å²) in [4.78, 5) is 15.3. The minimum absolute atomic E-state index is 0.485. The molecule has 3 rings (SSSR count). The molecular formula is C8H7N7. The van der Waals surface area contributed by atoms with Gasteiger partial charge in [-0.25, -0.2) is 9.97 Å². The average Bonchev–Trinajstić information content (AvgIpc) is 2.87. The van der Waals surface area contributed by atoms with E-state index in [2.05, 4.69) is 35.5 Å². The number of H-pyrrole nitrogens is 2. The molecule has 0 saturated heterocycles. The van der Waals surface area contributed by atoms with Gasteiger partial charge >= 0.3 is 0 Å². The molecule has 0 aliphatic rings. The Hall–Kier alpha value is -2.44. The molecule has 0 aromatic carbocycles. The second kappa shape index (κ2) is 3.05. The fourth-order valence-electron chi connectivity index (χ4n) is 1.24. The third kappa shape index (κ3) is 1.39. The van der Waals surface area contributed by atoms with Crippen LogP contribution < -0.4 is 5.32 Å². The van der Waals surface area contributed by atoms with Crippen LogP contribution in [0.15, 0.2) is 24.8 Å². The van der Waals surface area contributed by atoms with Crippen molar-refractivity contribution < 1.29 is 0 Å². The molecule has 0 radical (unpaired) electrons. The summed E-state index contributed by atoms with van der Waals surface area (Å²) in [5, 5.41) is 9.54. The van der Waals surface area contributed by atoms with Gasteiger partial charge in [0.05, 0.1) is 18.7 Å². The van der Waals surface area contributed by atoms with E-state index in [4.69, 9.17) is 0 Å². The van der Waals surface area contributed by atoms with E-state index in [0.717, 1.165) is 11.3 Å². The fraction of sp³-hybridized carbons (Fsp3) is 0. The Bertz CT molecular complexity index is 567. The Kier molecular flexibility index (Phi) is 1.61. The zero-order valence-corrected chi connectivity index (χ0v) is 7.60. The highest BCUT2D eigenvalue weighted by Gasteiger charge is 2.02. The Labute approximate surface area is 84.0 Å². The quantitative estimate of drug-likeness (QED) is 0.570. The summed E-state index contributed by atoms with van der Waals surface area (Å²) in [6.07, 6.45) is 4.91. The van der Waals surface area contributed by atoms with E-state index in [0.29, 0.717) is 11.6 Å². The van der Waals surface area contributed by atoms with Crippen LogP contribution in [-0.2, 0) is 0 Å². The van der Waals surface area contributed by atoms with E-state index in [1.807, 2.05) is 0 Å². The Balaban J connectivity index is 1.97. The van der Waals surface area contributed by atoms with Crippen molar-refractivity contribution >= 4 is 22.9 Å². The average molecular weight is 201 g/mol. The standard InChI is InChI=1S/C8H7N7/c1-2-12-15-6(1)13-8-9-3-5-7(14-8)11-4-10-5/h1-4H,(H3,9,10,11,12,13,14,15). The van der Waals surface area contributed by atoms with Gasteiger partial charge in [0, 0.05) is 6.07 Å². The Morgan fingerprint density at radius 1 is 1.27 bits per heavy atom. The summed E-state index contributed by atoms with van der Waals surface area (Å²) in [6, 6.07) is 1.79. The number of anilines is 2. The maximum absolute atomic E-state index is 4.20. The van der Waals surface area contributed by atoms with Crippen molar-refractivity contribution in [3.8, 4) is 0 Å². The minimum Gasteiger partial charge on any atom is -0.342 e. The summed E-state index contributed by atoms with van der Waals surface area (Å²) in [7, 11) is 0. The predicted octanol–water partition coefficient (Wildman–Crippen LogP) is 0.820. The van der Waals surface area contributed by atoms with E-state index in [1.165, 1.54) is 0 Å². The molecule has 0 bridgehead atoms.